The third-order valence-corrected chi connectivity index (χ3v) is 3.25. The lowest BCUT2D eigenvalue weighted by atomic mass is 10.2. The summed E-state index contributed by atoms with van der Waals surface area (Å²) >= 11 is 2.20. The molecule has 0 bridgehead atoms. The van der Waals surface area contributed by atoms with Crippen LogP contribution in [0.25, 0.3) is 0 Å². The number of ether oxygens (including phenoxy) is 2. The van der Waals surface area contributed by atoms with Gasteiger partial charge in [-0.15, -0.1) is 0 Å². The number of hydrogen-bond acceptors (Lipinski definition) is 4. The van der Waals surface area contributed by atoms with Crippen LogP contribution in [0.5, 0.6) is 11.5 Å². The fourth-order valence-corrected chi connectivity index (χ4v) is 2.45. The van der Waals surface area contributed by atoms with E-state index < -0.39 is 0 Å². The molecule has 0 aliphatic carbocycles. The van der Waals surface area contributed by atoms with Gasteiger partial charge in [-0.05, 0) is 52.7 Å². The third-order valence-electron chi connectivity index (χ3n) is 2.45. The minimum Gasteiger partial charge on any atom is -0.493 e. The minimum absolute atomic E-state index is 0.0251. The molecule has 1 rings (SSSR count). The van der Waals surface area contributed by atoms with Gasteiger partial charge in [0.1, 0.15) is 6.07 Å². The van der Waals surface area contributed by atoms with Crippen LogP contribution in [0.2, 0.25) is 0 Å². The summed E-state index contributed by atoms with van der Waals surface area (Å²) in [6, 6.07) is 5.95. The van der Waals surface area contributed by atoms with E-state index in [1.54, 1.807) is 7.11 Å². The molecule has 0 radical (unpaired) electrons. The predicted molar refractivity (Wildman–Crippen MR) is 83.4 cm³/mol. The van der Waals surface area contributed by atoms with Crippen LogP contribution in [-0.2, 0) is 6.54 Å². The fraction of sp³-hybridized carbons (Fsp3) is 0.500. The van der Waals surface area contributed by atoms with Gasteiger partial charge in [-0.2, -0.15) is 5.26 Å². The molecule has 5 heteroatoms. The first kappa shape index (κ1) is 16.1. The van der Waals surface area contributed by atoms with Crippen molar-refractivity contribution >= 4 is 22.6 Å². The highest BCUT2D eigenvalue weighted by molar-refractivity contribution is 14.1. The second-order valence-electron chi connectivity index (χ2n) is 4.58. The summed E-state index contributed by atoms with van der Waals surface area (Å²) in [7, 11) is 1.61. The van der Waals surface area contributed by atoms with Gasteiger partial charge < -0.3 is 14.8 Å². The molecule has 0 aliphatic rings. The van der Waals surface area contributed by atoms with Crippen LogP contribution in [0.4, 0.5) is 0 Å². The van der Waals surface area contributed by atoms with Crippen LogP contribution in [0.3, 0.4) is 0 Å². The molecular formula is C14H19IN2O2. The van der Waals surface area contributed by atoms with Crippen molar-refractivity contribution in [2.75, 3.05) is 20.3 Å². The standard InChI is InChI=1S/C14H19IN2O2/c1-10(2)8-17-9-11-6-12(15)14(19-5-4-16)13(7-11)18-3/h6-7,10,17H,5,8-9H2,1-3H3. The molecule has 4 nitrogen and oxygen atoms in total. The molecule has 104 valence electrons. The largest absolute Gasteiger partial charge is 0.493 e. The molecular weight excluding hydrogens is 355 g/mol. The Morgan fingerprint density at radius 3 is 2.74 bits per heavy atom. The van der Waals surface area contributed by atoms with Crippen molar-refractivity contribution in [2.45, 2.75) is 20.4 Å². The molecule has 0 unspecified atom stereocenters. The van der Waals surface area contributed by atoms with Crippen molar-refractivity contribution in [3.63, 3.8) is 0 Å². The maximum Gasteiger partial charge on any atom is 0.176 e. The lowest BCUT2D eigenvalue weighted by Gasteiger charge is -2.13. The number of rotatable bonds is 7. The summed E-state index contributed by atoms with van der Waals surface area (Å²) in [4.78, 5) is 0. The van der Waals surface area contributed by atoms with Gasteiger partial charge in [-0.3, -0.25) is 0 Å². The molecule has 0 atom stereocenters. The van der Waals surface area contributed by atoms with Crippen molar-refractivity contribution in [3.05, 3.63) is 21.3 Å². The molecule has 0 fully saturated rings. The molecule has 0 heterocycles. The van der Waals surface area contributed by atoms with Gasteiger partial charge in [0.2, 0.25) is 0 Å². The van der Waals surface area contributed by atoms with E-state index in [9.17, 15) is 0 Å². The first-order chi connectivity index (χ1) is 9.08. The highest BCUT2D eigenvalue weighted by Gasteiger charge is 2.11. The van der Waals surface area contributed by atoms with Gasteiger partial charge >= 0.3 is 0 Å². The SMILES string of the molecule is COc1cc(CNCC(C)C)cc(I)c1OCC#N. The zero-order valence-electron chi connectivity index (χ0n) is 11.5. The number of nitriles is 1. The van der Waals surface area contributed by atoms with E-state index in [0.29, 0.717) is 17.4 Å². The summed E-state index contributed by atoms with van der Waals surface area (Å²) in [5, 5.41) is 12.0. The minimum atomic E-state index is 0.0251. The van der Waals surface area contributed by atoms with Crippen molar-refractivity contribution in [3.8, 4) is 17.6 Å². The molecule has 0 spiro atoms. The van der Waals surface area contributed by atoms with Crippen LogP contribution in [0.15, 0.2) is 12.1 Å². The summed E-state index contributed by atoms with van der Waals surface area (Å²) in [6.45, 7) is 6.15. The van der Waals surface area contributed by atoms with Crippen LogP contribution in [0, 0.1) is 20.8 Å². The number of nitrogens with zero attached hydrogens (tertiary/aromatic N) is 1. The fourth-order valence-electron chi connectivity index (χ4n) is 1.62. The van der Waals surface area contributed by atoms with Crippen molar-refractivity contribution in [2.24, 2.45) is 5.92 Å². The Bertz CT molecular complexity index is 455. The first-order valence-corrected chi connectivity index (χ1v) is 7.23. The molecule has 1 aromatic carbocycles. The lowest BCUT2D eigenvalue weighted by molar-refractivity contribution is 0.327. The van der Waals surface area contributed by atoms with E-state index in [0.717, 1.165) is 22.2 Å². The summed E-state index contributed by atoms with van der Waals surface area (Å²) in [5.74, 6) is 1.93. The van der Waals surface area contributed by atoms with E-state index in [-0.39, 0.29) is 6.61 Å². The summed E-state index contributed by atoms with van der Waals surface area (Å²) < 4.78 is 11.7. The zero-order valence-corrected chi connectivity index (χ0v) is 13.7. The van der Waals surface area contributed by atoms with Crippen molar-refractivity contribution in [1.29, 1.82) is 5.26 Å². The second-order valence-corrected chi connectivity index (χ2v) is 5.74. The Labute approximate surface area is 128 Å². The predicted octanol–water partition coefficient (Wildman–Crippen LogP) is 2.95. The Hall–Kier alpha value is -1.00. The average molecular weight is 374 g/mol. The van der Waals surface area contributed by atoms with Gasteiger partial charge in [-0.25, -0.2) is 0 Å². The second kappa shape index (κ2) is 8.23. The summed E-state index contributed by atoms with van der Waals surface area (Å²) in [5.41, 5.74) is 1.14. The molecule has 1 N–H and O–H groups in total. The summed E-state index contributed by atoms with van der Waals surface area (Å²) in [6.07, 6.45) is 0. The molecule has 0 aliphatic heterocycles. The monoisotopic (exact) mass is 374 g/mol. The third kappa shape index (κ3) is 5.25. The van der Waals surface area contributed by atoms with E-state index in [1.165, 1.54) is 0 Å². The van der Waals surface area contributed by atoms with E-state index in [4.69, 9.17) is 14.7 Å². The number of hydrogen-bond donors (Lipinski definition) is 1. The average Bonchev–Trinajstić information content (AvgIpc) is 2.36. The number of methoxy groups -OCH3 is 1. The van der Waals surface area contributed by atoms with E-state index in [1.807, 2.05) is 18.2 Å². The van der Waals surface area contributed by atoms with Crippen molar-refractivity contribution in [1.82, 2.24) is 5.32 Å². The molecule has 0 saturated carbocycles. The molecule has 0 saturated heterocycles. The van der Waals surface area contributed by atoms with Crippen LogP contribution in [0.1, 0.15) is 19.4 Å². The molecule has 0 aromatic heterocycles. The van der Waals surface area contributed by atoms with Crippen LogP contribution in [-0.4, -0.2) is 20.3 Å². The number of halogens is 1. The highest BCUT2D eigenvalue weighted by atomic mass is 127. The van der Waals surface area contributed by atoms with Crippen LogP contribution >= 0.6 is 22.6 Å². The smallest absolute Gasteiger partial charge is 0.176 e. The molecule has 19 heavy (non-hydrogen) atoms. The zero-order chi connectivity index (χ0) is 14.3. The number of benzene rings is 1. The molecule has 0 amide bonds. The first-order valence-electron chi connectivity index (χ1n) is 6.15. The lowest BCUT2D eigenvalue weighted by Crippen LogP contribution is -2.19. The van der Waals surface area contributed by atoms with Crippen LogP contribution < -0.4 is 14.8 Å². The van der Waals surface area contributed by atoms with Gasteiger partial charge in [0.25, 0.3) is 0 Å². The maximum absolute atomic E-state index is 8.58. The van der Waals surface area contributed by atoms with Gasteiger partial charge in [0.05, 0.1) is 10.7 Å². The Kier molecular flexibility index (Phi) is 6.95. The Morgan fingerprint density at radius 1 is 1.42 bits per heavy atom. The van der Waals surface area contributed by atoms with Crippen molar-refractivity contribution < 1.29 is 9.47 Å². The normalized spacial score (nSPS) is 10.3. The van der Waals surface area contributed by atoms with E-state index in [2.05, 4.69) is 41.8 Å². The van der Waals surface area contributed by atoms with Gasteiger partial charge in [0.15, 0.2) is 18.1 Å². The Morgan fingerprint density at radius 2 is 2.16 bits per heavy atom. The number of nitrogens with one attached hydrogen (secondary N) is 1. The topological polar surface area (TPSA) is 54.3 Å². The van der Waals surface area contributed by atoms with Gasteiger partial charge in [-0.1, -0.05) is 13.8 Å². The molecule has 1 aromatic rings. The quantitative estimate of drug-likeness (QED) is 0.746. The van der Waals surface area contributed by atoms with Gasteiger partial charge in [0, 0.05) is 6.54 Å². The van der Waals surface area contributed by atoms with E-state index >= 15 is 0 Å². The maximum atomic E-state index is 8.58. The Balaban J connectivity index is 2.81. The highest BCUT2D eigenvalue weighted by Crippen LogP contribution is 2.33.